The number of carbonyl (C=O) groups is 1. The van der Waals surface area contributed by atoms with Crippen LogP contribution in [0.4, 0.5) is 11.4 Å². The van der Waals surface area contributed by atoms with E-state index in [9.17, 15) is 14.9 Å². The predicted molar refractivity (Wildman–Crippen MR) is 120 cm³/mol. The number of piperidine rings is 1. The summed E-state index contributed by atoms with van der Waals surface area (Å²) < 4.78 is 5.22. The second-order valence-corrected chi connectivity index (χ2v) is 8.00. The number of anilines is 1. The first kappa shape index (κ1) is 22.6. The molecule has 31 heavy (non-hydrogen) atoms. The van der Waals surface area contributed by atoms with E-state index >= 15 is 0 Å². The second kappa shape index (κ2) is 10.3. The van der Waals surface area contributed by atoms with Crippen LogP contribution in [0.5, 0.6) is 5.75 Å². The number of nitro groups is 1. The third kappa shape index (κ3) is 5.52. The van der Waals surface area contributed by atoms with E-state index in [-0.39, 0.29) is 28.5 Å². The fourth-order valence-electron chi connectivity index (χ4n) is 4.03. The maximum absolute atomic E-state index is 12.8. The number of nitro benzene ring substituents is 1. The summed E-state index contributed by atoms with van der Waals surface area (Å²) in [5.41, 5.74) is 1.84. The zero-order valence-corrected chi connectivity index (χ0v) is 18.3. The number of methoxy groups -OCH3 is 1. The molecule has 8 nitrogen and oxygen atoms in total. The van der Waals surface area contributed by atoms with Gasteiger partial charge in [-0.3, -0.25) is 14.9 Å². The average molecular weight is 427 g/mol. The third-order valence-corrected chi connectivity index (χ3v) is 5.88. The van der Waals surface area contributed by atoms with E-state index in [1.165, 1.54) is 6.07 Å². The van der Waals surface area contributed by atoms with E-state index in [4.69, 9.17) is 4.74 Å². The quantitative estimate of drug-likeness (QED) is 0.515. The molecule has 0 spiro atoms. The first-order valence-electron chi connectivity index (χ1n) is 10.5. The van der Waals surface area contributed by atoms with E-state index < -0.39 is 0 Å². The lowest BCUT2D eigenvalue weighted by atomic mass is 9.95. The fraction of sp³-hybridized carbons (Fsp3) is 0.435. The Morgan fingerprint density at radius 1 is 1.19 bits per heavy atom. The van der Waals surface area contributed by atoms with Gasteiger partial charge in [0.1, 0.15) is 11.4 Å². The van der Waals surface area contributed by atoms with Gasteiger partial charge in [-0.2, -0.15) is 0 Å². The normalized spacial score (nSPS) is 15.5. The number of hydrogen-bond donors (Lipinski definition) is 1. The highest BCUT2D eigenvalue weighted by Gasteiger charge is 2.28. The molecule has 1 amide bonds. The number of nitrogens with one attached hydrogen (secondary N) is 1. The molecule has 0 aromatic heterocycles. The summed E-state index contributed by atoms with van der Waals surface area (Å²) in [6, 6.07) is 14.7. The molecule has 1 saturated heterocycles. The number of nitrogens with zero attached hydrogens (tertiary/aromatic N) is 3. The first-order chi connectivity index (χ1) is 14.9. The van der Waals surface area contributed by atoms with Crippen molar-refractivity contribution < 1.29 is 14.5 Å². The summed E-state index contributed by atoms with van der Waals surface area (Å²) in [5, 5.41) is 14.4. The molecule has 0 saturated carbocycles. The highest BCUT2D eigenvalue weighted by molar-refractivity contribution is 5.79. The Hall–Kier alpha value is -3.13. The van der Waals surface area contributed by atoms with Crippen molar-refractivity contribution in [3.8, 4) is 5.75 Å². The lowest BCUT2D eigenvalue weighted by molar-refractivity contribution is -0.384. The Balaban J connectivity index is 1.56. The number of para-hydroxylation sites is 2. The summed E-state index contributed by atoms with van der Waals surface area (Å²) in [6.45, 7) is 1.76. The van der Waals surface area contributed by atoms with Crippen LogP contribution in [0.3, 0.4) is 0 Å². The Labute approximate surface area is 182 Å². The van der Waals surface area contributed by atoms with E-state index in [1.807, 2.05) is 49.3 Å². The topological polar surface area (TPSA) is 87.9 Å². The summed E-state index contributed by atoms with van der Waals surface area (Å²) in [7, 11) is 5.62. The summed E-state index contributed by atoms with van der Waals surface area (Å²) >= 11 is 0. The van der Waals surface area contributed by atoms with Gasteiger partial charge in [0, 0.05) is 31.6 Å². The van der Waals surface area contributed by atoms with Gasteiger partial charge in [-0.05, 0) is 50.7 Å². The van der Waals surface area contributed by atoms with Gasteiger partial charge in [0.05, 0.1) is 18.1 Å². The van der Waals surface area contributed by atoms with Crippen molar-refractivity contribution in [3.05, 3.63) is 64.2 Å². The molecule has 166 valence electrons. The van der Waals surface area contributed by atoms with Crippen molar-refractivity contribution in [1.82, 2.24) is 10.2 Å². The monoisotopic (exact) mass is 426 g/mol. The maximum Gasteiger partial charge on any atom is 0.292 e. The van der Waals surface area contributed by atoms with Crippen LogP contribution in [-0.2, 0) is 4.79 Å². The van der Waals surface area contributed by atoms with Crippen molar-refractivity contribution in [2.75, 3.05) is 45.7 Å². The molecule has 1 aliphatic heterocycles. The van der Waals surface area contributed by atoms with Gasteiger partial charge < -0.3 is 19.9 Å². The molecule has 0 aliphatic carbocycles. The SMILES string of the molecule is COc1ccc(C(CNC(=O)C2CCN(c3ccccc3[N+](=O)[O-])CC2)N(C)C)cc1. The molecule has 2 aromatic rings. The van der Waals surface area contributed by atoms with Crippen molar-refractivity contribution in [1.29, 1.82) is 0 Å². The predicted octanol–water partition coefficient (Wildman–Crippen LogP) is 3.24. The van der Waals surface area contributed by atoms with E-state index in [0.717, 1.165) is 11.3 Å². The van der Waals surface area contributed by atoms with Crippen LogP contribution in [0.2, 0.25) is 0 Å². The number of amides is 1. The number of likely N-dealkylation sites (N-methyl/N-ethyl adjacent to an activating group) is 1. The Kier molecular flexibility index (Phi) is 7.46. The van der Waals surface area contributed by atoms with Crippen LogP contribution >= 0.6 is 0 Å². The number of rotatable bonds is 8. The number of carbonyl (C=O) groups excluding carboxylic acids is 1. The van der Waals surface area contributed by atoms with Crippen molar-refractivity contribution in [3.63, 3.8) is 0 Å². The van der Waals surface area contributed by atoms with Crippen molar-refractivity contribution in [2.24, 2.45) is 5.92 Å². The second-order valence-electron chi connectivity index (χ2n) is 8.00. The largest absolute Gasteiger partial charge is 0.497 e. The average Bonchev–Trinajstić information content (AvgIpc) is 2.79. The van der Waals surface area contributed by atoms with Crippen LogP contribution in [-0.4, -0.2) is 56.6 Å². The standard InChI is InChI=1S/C23H30N4O4/c1-25(2)22(17-8-10-19(31-3)11-9-17)16-24-23(28)18-12-14-26(15-13-18)20-6-4-5-7-21(20)27(29)30/h4-11,18,22H,12-16H2,1-3H3,(H,24,28). The van der Waals surface area contributed by atoms with Gasteiger partial charge in [0.2, 0.25) is 5.91 Å². The molecule has 1 aliphatic rings. The van der Waals surface area contributed by atoms with E-state index in [2.05, 4.69) is 10.2 Å². The lowest BCUT2D eigenvalue weighted by Gasteiger charge is -2.33. The number of benzene rings is 2. The maximum atomic E-state index is 12.8. The molecule has 2 aromatic carbocycles. The van der Waals surface area contributed by atoms with Crippen LogP contribution in [0.15, 0.2) is 48.5 Å². The molecule has 1 fully saturated rings. The summed E-state index contributed by atoms with van der Waals surface area (Å²) in [4.78, 5) is 27.8. The van der Waals surface area contributed by atoms with Gasteiger partial charge in [0.15, 0.2) is 0 Å². The minimum Gasteiger partial charge on any atom is -0.497 e. The molecule has 0 radical (unpaired) electrons. The number of hydrogen-bond acceptors (Lipinski definition) is 6. The zero-order valence-electron chi connectivity index (χ0n) is 18.3. The van der Waals surface area contributed by atoms with Crippen LogP contribution < -0.4 is 15.0 Å². The molecule has 8 heteroatoms. The zero-order chi connectivity index (χ0) is 22.4. The van der Waals surface area contributed by atoms with Gasteiger partial charge in [-0.1, -0.05) is 24.3 Å². The van der Waals surface area contributed by atoms with E-state index in [0.29, 0.717) is 38.2 Å². The van der Waals surface area contributed by atoms with Crippen molar-refractivity contribution in [2.45, 2.75) is 18.9 Å². The van der Waals surface area contributed by atoms with Gasteiger partial charge in [0.25, 0.3) is 5.69 Å². The molecule has 1 atom stereocenters. The first-order valence-corrected chi connectivity index (χ1v) is 10.5. The number of ether oxygens (including phenoxy) is 1. The van der Waals surface area contributed by atoms with Crippen LogP contribution in [0, 0.1) is 16.0 Å². The fourth-order valence-corrected chi connectivity index (χ4v) is 4.03. The summed E-state index contributed by atoms with van der Waals surface area (Å²) in [5.74, 6) is 0.760. The highest BCUT2D eigenvalue weighted by atomic mass is 16.6. The minimum atomic E-state index is -0.352. The van der Waals surface area contributed by atoms with Gasteiger partial charge >= 0.3 is 0 Å². The van der Waals surface area contributed by atoms with Crippen molar-refractivity contribution >= 4 is 17.3 Å². The minimum absolute atomic E-state index is 0.0440. The van der Waals surface area contributed by atoms with E-state index in [1.54, 1.807) is 19.2 Å². The molecule has 1 heterocycles. The molecular weight excluding hydrogens is 396 g/mol. The molecule has 3 rings (SSSR count). The smallest absolute Gasteiger partial charge is 0.292 e. The van der Waals surface area contributed by atoms with Crippen LogP contribution in [0.1, 0.15) is 24.4 Å². The Bertz CT molecular complexity index is 893. The third-order valence-electron chi connectivity index (χ3n) is 5.88. The highest BCUT2D eigenvalue weighted by Crippen LogP contribution is 2.31. The molecule has 1 unspecified atom stereocenters. The molecule has 1 N–H and O–H groups in total. The van der Waals surface area contributed by atoms with Crippen LogP contribution in [0.25, 0.3) is 0 Å². The Morgan fingerprint density at radius 3 is 2.42 bits per heavy atom. The molecular formula is C23H30N4O4. The van der Waals surface area contributed by atoms with Gasteiger partial charge in [-0.15, -0.1) is 0 Å². The summed E-state index contributed by atoms with van der Waals surface area (Å²) in [6.07, 6.45) is 1.35. The Morgan fingerprint density at radius 2 is 1.84 bits per heavy atom. The lowest BCUT2D eigenvalue weighted by Crippen LogP contribution is -2.42. The van der Waals surface area contributed by atoms with Gasteiger partial charge in [-0.25, -0.2) is 0 Å². The molecule has 0 bridgehead atoms.